The van der Waals surface area contributed by atoms with Crippen LogP contribution in [-0.2, 0) is 4.79 Å². The van der Waals surface area contributed by atoms with Gasteiger partial charge in [0.25, 0.3) is 0 Å². The van der Waals surface area contributed by atoms with E-state index in [1.54, 1.807) is 48.5 Å². The number of hydrazine groups is 1. The van der Waals surface area contributed by atoms with E-state index >= 15 is 0 Å². The molecule has 3 N–H and O–H groups in total. The number of hydrogen-bond acceptors (Lipinski definition) is 7. The third-order valence-electron chi connectivity index (χ3n) is 4.92. The molecule has 1 aliphatic heterocycles. The molecule has 2 heterocycles. The summed E-state index contributed by atoms with van der Waals surface area (Å²) in [5.74, 6) is -0.868. The van der Waals surface area contributed by atoms with Crippen LogP contribution < -0.4 is 15.8 Å². The molecule has 0 aliphatic carbocycles. The van der Waals surface area contributed by atoms with Crippen LogP contribution in [0.4, 0.5) is 30.6 Å². The van der Waals surface area contributed by atoms with Crippen LogP contribution in [0.1, 0.15) is 11.1 Å². The van der Waals surface area contributed by atoms with Gasteiger partial charge in [-0.3, -0.25) is 5.01 Å². The minimum Gasteiger partial charge on any atom is -0.478 e. The summed E-state index contributed by atoms with van der Waals surface area (Å²) in [5.41, 5.74) is 4.86. The van der Waals surface area contributed by atoms with Crippen molar-refractivity contribution in [2.24, 2.45) is 0 Å². The van der Waals surface area contributed by atoms with Crippen LogP contribution >= 0.6 is 0 Å². The molecule has 35 heavy (non-hydrogen) atoms. The van der Waals surface area contributed by atoms with Gasteiger partial charge in [-0.15, -0.1) is 0 Å². The average Bonchev–Trinajstić information content (AvgIpc) is 3.34. The maximum absolute atomic E-state index is 13.2. The Labute approximate surface area is 197 Å². The maximum Gasteiger partial charge on any atom is 0.409 e. The highest BCUT2D eigenvalue weighted by molar-refractivity contribution is 5.86. The summed E-state index contributed by atoms with van der Waals surface area (Å²) in [4.78, 5) is 19.6. The molecule has 176 valence electrons. The van der Waals surface area contributed by atoms with Crippen molar-refractivity contribution in [2.45, 2.75) is 12.2 Å². The first-order chi connectivity index (χ1) is 16.7. The Morgan fingerprint density at radius 2 is 2.03 bits per heavy atom. The molecule has 11 heteroatoms. The minimum atomic E-state index is -4.50. The van der Waals surface area contributed by atoms with Crippen LogP contribution in [0.15, 0.2) is 73.1 Å². The fourth-order valence-corrected chi connectivity index (χ4v) is 3.32. The largest absolute Gasteiger partial charge is 0.478 e. The first-order valence-corrected chi connectivity index (χ1v) is 10.2. The van der Waals surface area contributed by atoms with Crippen LogP contribution in [0.2, 0.25) is 0 Å². The van der Waals surface area contributed by atoms with Gasteiger partial charge < -0.3 is 10.4 Å². The second kappa shape index (κ2) is 9.66. The Balaban J connectivity index is 1.74. The predicted octanol–water partition coefficient (Wildman–Crippen LogP) is 4.63. The van der Waals surface area contributed by atoms with Crippen LogP contribution in [0.25, 0.3) is 17.2 Å². The molecule has 3 aromatic rings. The van der Waals surface area contributed by atoms with Gasteiger partial charge in [0.05, 0.1) is 11.6 Å². The molecular formula is C24H17F3N6O2. The number of aromatic nitrogens is 2. The number of benzene rings is 2. The van der Waals surface area contributed by atoms with Gasteiger partial charge in [0.2, 0.25) is 5.95 Å². The zero-order valence-corrected chi connectivity index (χ0v) is 17.9. The van der Waals surface area contributed by atoms with Gasteiger partial charge >= 0.3 is 12.1 Å². The molecule has 0 amide bonds. The topological polar surface area (TPSA) is 114 Å². The lowest BCUT2D eigenvalue weighted by Crippen LogP contribution is -2.44. The minimum absolute atomic E-state index is 0.103. The second-order valence-electron chi connectivity index (χ2n) is 7.41. The van der Waals surface area contributed by atoms with E-state index in [9.17, 15) is 18.0 Å². The SMILES string of the molecule is N#Cc1cccc(Nc2ncc(-c3cccc(/C=C/C(=O)O)c3)c(N3C=CC(C(F)(F)F)N3)n2)c1. The number of aliphatic carboxylic acids is 1. The molecule has 0 radical (unpaired) electrons. The van der Waals surface area contributed by atoms with Crippen molar-refractivity contribution >= 4 is 29.5 Å². The Hall–Kier alpha value is -4.69. The summed E-state index contributed by atoms with van der Waals surface area (Å²) < 4.78 is 39.7. The lowest BCUT2D eigenvalue weighted by atomic mass is 10.0. The number of hydrogen-bond donors (Lipinski definition) is 3. The summed E-state index contributed by atoms with van der Waals surface area (Å²) in [6.07, 6.45) is 1.55. The molecule has 1 unspecified atom stereocenters. The highest BCUT2D eigenvalue weighted by Crippen LogP contribution is 2.33. The summed E-state index contributed by atoms with van der Waals surface area (Å²) in [7, 11) is 0. The van der Waals surface area contributed by atoms with Crippen LogP contribution in [-0.4, -0.2) is 33.3 Å². The van der Waals surface area contributed by atoms with Crippen molar-refractivity contribution in [3.8, 4) is 17.2 Å². The molecule has 1 aromatic heterocycles. The third kappa shape index (κ3) is 5.63. The molecule has 1 aliphatic rings. The molecule has 0 saturated carbocycles. The van der Waals surface area contributed by atoms with Gasteiger partial charge in [-0.25, -0.2) is 15.2 Å². The number of anilines is 3. The normalized spacial score (nSPS) is 15.4. The van der Waals surface area contributed by atoms with Gasteiger partial charge in [0, 0.05) is 29.7 Å². The smallest absolute Gasteiger partial charge is 0.409 e. The predicted molar refractivity (Wildman–Crippen MR) is 123 cm³/mol. The molecule has 0 fully saturated rings. The van der Waals surface area contributed by atoms with Crippen molar-refractivity contribution in [3.05, 3.63) is 84.2 Å². The summed E-state index contributed by atoms with van der Waals surface area (Å²) in [5, 5.41) is 22.1. The van der Waals surface area contributed by atoms with Crippen molar-refractivity contribution in [1.29, 1.82) is 5.26 Å². The number of rotatable bonds is 6. The number of alkyl halides is 3. The summed E-state index contributed by atoms with van der Waals surface area (Å²) in [6.45, 7) is 0. The molecule has 8 nitrogen and oxygen atoms in total. The molecule has 4 rings (SSSR count). The molecular weight excluding hydrogens is 461 g/mol. The molecule has 0 bridgehead atoms. The molecule has 0 spiro atoms. The Kier molecular flexibility index (Phi) is 6.48. The van der Waals surface area contributed by atoms with E-state index in [0.717, 1.165) is 17.2 Å². The van der Waals surface area contributed by atoms with Gasteiger partial charge in [-0.1, -0.05) is 24.3 Å². The van der Waals surface area contributed by atoms with E-state index in [2.05, 4.69) is 20.7 Å². The Morgan fingerprint density at radius 1 is 1.23 bits per heavy atom. The van der Waals surface area contributed by atoms with E-state index in [4.69, 9.17) is 10.4 Å². The van der Waals surface area contributed by atoms with Crippen molar-refractivity contribution < 1.29 is 23.1 Å². The fourth-order valence-electron chi connectivity index (χ4n) is 3.32. The number of nitrogens with one attached hydrogen (secondary N) is 2. The van der Waals surface area contributed by atoms with Crippen molar-refractivity contribution in [1.82, 2.24) is 15.4 Å². The fraction of sp³-hybridized carbons (Fsp3) is 0.0833. The number of carboxylic acids is 1. The van der Waals surface area contributed by atoms with Crippen LogP contribution in [0, 0.1) is 11.3 Å². The Bertz CT molecular complexity index is 1360. The molecule has 1 atom stereocenters. The van der Waals surface area contributed by atoms with Gasteiger partial charge in [-0.2, -0.15) is 23.4 Å². The first-order valence-electron chi connectivity index (χ1n) is 10.2. The van der Waals surface area contributed by atoms with Gasteiger partial charge in [0.15, 0.2) is 5.82 Å². The number of carboxylic acid groups (broad SMARTS) is 1. The molecule has 0 saturated heterocycles. The zero-order chi connectivity index (χ0) is 25.0. The van der Waals surface area contributed by atoms with E-state index < -0.39 is 18.2 Å². The number of halogens is 3. The quantitative estimate of drug-likeness (QED) is 0.440. The first kappa shape index (κ1) is 23.5. The Morgan fingerprint density at radius 3 is 2.74 bits per heavy atom. The number of nitriles is 1. The summed E-state index contributed by atoms with van der Waals surface area (Å²) in [6, 6.07) is 13.5. The van der Waals surface area contributed by atoms with Crippen molar-refractivity contribution in [3.63, 3.8) is 0 Å². The average molecular weight is 478 g/mol. The highest BCUT2D eigenvalue weighted by Gasteiger charge is 2.41. The second-order valence-corrected chi connectivity index (χ2v) is 7.41. The third-order valence-corrected chi connectivity index (χ3v) is 4.92. The van der Waals surface area contributed by atoms with Crippen LogP contribution in [0.3, 0.4) is 0 Å². The number of nitrogens with zero attached hydrogens (tertiary/aromatic N) is 4. The van der Waals surface area contributed by atoms with Gasteiger partial charge in [-0.05, 0) is 47.5 Å². The molecule has 2 aromatic carbocycles. The summed E-state index contributed by atoms with van der Waals surface area (Å²) >= 11 is 0. The lowest BCUT2D eigenvalue weighted by molar-refractivity contribution is -0.142. The maximum atomic E-state index is 13.2. The van der Waals surface area contributed by atoms with Crippen LogP contribution in [0.5, 0.6) is 0 Å². The lowest BCUT2D eigenvalue weighted by Gasteiger charge is -2.23. The highest BCUT2D eigenvalue weighted by atomic mass is 19.4. The monoisotopic (exact) mass is 478 g/mol. The van der Waals surface area contributed by atoms with E-state index in [0.29, 0.717) is 27.9 Å². The number of carbonyl (C=O) groups is 1. The van der Waals surface area contributed by atoms with Crippen molar-refractivity contribution in [2.75, 3.05) is 10.3 Å². The van der Waals surface area contributed by atoms with E-state index in [1.807, 2.05) is 6.07 Å². The van der Waals surface area contributed by atoms with E-state index in [1.165, 1.54) is 18.5 Å². The van der Waals surface area contributed by atoms with E-state index in [-0.39, 0.29) is 11.8 Å². The standard InChI is InChI=1S/C24H17F3N6O2/c25-24(26,27)20-9-10-33(32-20)22-19(17-5-1-3-15(11-17)7-8-21(34)35)14-29-23(31-22)30-18-6-2-4-16(12-18)13-28/h1-12,14,20,32H,(H,34,35)(H,29,30,31)/b8-7+. The zero-order valence-electron chi connectivity index (χ0n) is 17.9. The van der Waals surface area contributed by atoms with Gasteiger partial charge in [0.1, 0.15) is 6.04 Å².